The summed E-state index contributed by atoms with van der Waals surface area (Å²) in [6, 6.07) is 15.7. The number of benzene rings is 2. The Labute approximate surface area is 115 Å². The van der Waals surface area contributed by atoms with E-state index >= 15 is 0 Å². The van der Waals surface area contributed by atoms with Gasteiger partial charge in [0.25, 0.3) is 0 Å². The van der Waals surface area contributed by atoms with Gasteiger partial charge in [-0.15, -0.1) is 0 Å². The van der Waals surface area contributed by atoms with E-state index in [4.69, 9.17) is 5.73 Å². The summed E-state index contributed by atoms with van der Waals surface area (Å²) in [4.78, 5) is 0. The number of fused-ring (bicyclic) bond motifs is 1. The van der Waals surface area contributed by atoms with Gasteiger partial charge in [0, 0.05) is 6.04 Å². The average molecular weight is 253 g/mol. The third-order valence-corrected chi connectivity index (χ3v) is 4.81. The van der Waals surface area contributed by atoms with Crippen molar-refractivity contribution in [3.8, 4) is 0 Å². The zero-order chi connectivity index (χ0) is 13.2. The second-order valence-corrected chi connectivity index (χ2v) is 5.93. The topological polar surface area (TPSA) is 26.0 Å². The van der Waals surface area contributed by atoms with Crippen molar-refractivity contribution in [1.29, 1.82) is 0 Å². The molecule has 0 spiro atoms. The third kappa shape index (κ3) is 2.40. The SMILES string of the molecule is CCC1CCC(N)C(c2cccc3ccccc23)C1. The van der Waals surface area contributed by atoms with Crippen molar-refractivity contribution in [3.05, 3.63) is 48.0 Å². The van der Waals surface area contributed by atoms with Gasteiger partial charge in [-0.3, -0.25) is 0 Å². The van der Waals surface area contributed by atoms with Crippen LogP contribution in [0.4, 0.5) is 0 Å². The van der Waals surface area contributed by atoms with Crippen LogP contribution in [-0.2, 0) is 0 Å². The van der Waals surface area contributed by atoms with Crippen molar-refractivity contribution in [2.75, 3.05) is 0 Å². The molecule has 0 radical (unpaired) electrons. The van der Waals surface area contributed by atoms with Gasteiger partial charge in [0.15, 0.2) is 0 Å². The van der Waals surface area contributed by atoms with Gasteiger partial charge in [-0.05, 0) is 47.4 Å². The highest BCUT2D eigenvalue weighted by molar-refractivity contribution is 5.86. The van der Waals surface area contributed by atoms with Gasteiger partial charge in [-0.2, -0.15) is 0 Å². The summed E-state index contributed by atoms with van der Waals surface area (Å²) in [5.41, 5.74) is 7.88. The zero-order valence-corrected chi connectivity index (χ0v) is 11.7. The van der Waals surface area contributed by atoms with Gasteiger partial charge in [0.1, 0.15) is 0 Å². The molecule has 1 nitrogen and oxygen atoms in total. The first-order valence-electron chi connectivity index (χ1n) is 7.53. The number of nitrogens with two attached hydrogens (primary N) is 1. The van der Waals surface area contributed by atoms with Gasteiger partial charge < -0.3 is 5.73 Å². The third-order valence-electron chi connectivity index (χ3n) is 4.81. The maximum absolute atomic E-state index is 6.42. The molecule has 1 aliphatic carbocycles. The average Bonchev–Trinajstić information content (AvgIpc) is 2.47. The van der Waals surface area contributed by atoms with Crippen LogP contribution >= 0.6 is 0 Å². The molecule has 2 aromatic carbocycles. The molecular formula is C18H23N. The predicted molar refractivity (Wildman–Crippen MR) is 82.3 cm³/mol. The summed E-state index contributed by atoms with van der Waals surface area (Å²) in [5, 5.41) is 2.73. The quantitative estimate of drug-likeness (QED) is 0.840. The molecule has 1 saturated carbocycles. The van der Waals surface area contributed by atoms with E-state index in [9.17, 15) is 0 Å². The monoisotopic (exact) mass is 253 g/mol. The molecule has 19 heavy (non-hydrogen) atoms. The fourth-order valence-corrected chi connectivity index (χ4v) is 3.58. The van der Waals surface area contributed by atoms with Crippen LogP contribution in [0.15, 0.2) is 42.5 Å². The molecule has 1 aliphatic rings. The molecule has 0 bridgehead atoms. The molecule has 2 N–H and O–H groups in total. The Bertz CT molecular complexity index is 555. The summed E-state index contributed by atoms with van der Waals surface area (Å²) < 4.78 is 0. The molecular weight excluding hydrogens is 230 g/mol. The van der Waals surface area contributed by atoms with Crippen LogP contribution in [-0.4, -0.2) is 6.04 Å². The Balaban J connectivity index is 2.02. The first-order valence-corrected chi connectivity index (χ1v) is 7.53. The van der Waals surface area contributed by atoms with Crippen molar-refractivity contribution < 1.29 is 0 Å². The van der Waals surface area contributed by atoms with Crippen LogP contribution in [0.1, 0.15) is 44.1 Å². The summed E-state index contributed by atoms with van der Waals surface area (Å²) in [6.07, 6.45) is 5.02. The van der Waals surface area contributed by atoms with E-state index in [1.54, 1.807) is 0 Å². The van der Waals surface area contributed by atoms with Crippen LogP contribution in [0.2, 0.25) is 0 Å². The van der Waals surface area contributed by atoms with Crippen molar-refractivity contribution in [2.45, 2.75) is 44.6 Å². The van der Waals surface area contributed by atoms with E-state index in [0.717, 1.165) is 5.92 Å². The standard InChI is InChI=1S/C18H23N/c1-2-13-10-11-18(19)17(12-13)16-9-5-7-14-6-3-4-8-15(14)16/h3-9,13,17-18H,2,10-12,19H2,1H3. The largest absolute Gasteiger partial charge is 0.327 e. The van der Waals surface area contributed by atoms with Crippen LogP contribution in [0.3, 0.4) is 0 Å². The summed E-state index contributed by atoms with van der Waals surface area (Å²) >= 11 is 0. The molecule has 1 heteroatoms. The van der Waals surface area contributed by atoms with Gasteiger partial charge in [0.05, 0.1) is 0 Å². The van der Waals surface area contributed by atoms with Crippen LogP contribution in [0.5, 0.6) is 0 Å². The fraction of sp³-hybridized carbons (Fsp3) is 0.444. The van der Waals surface area contributed by atoms with Crippen molar-refractivity contribution in [2.24, 2.45) is 11.7 Å². The first kappa shape index (κ1) is 12.7. The Morgan fingerprint density at radius 2 is 1.84 bits per heavy atom. The van der Waals surface area contributed by atoms with Gasteiger partial charge in [0.2, 0.25) is 0 Å². The first-order chi connectivity index (χ1) is 9.29. The van der Waals surface area contributed by atoms with E-state index in [-0.39, 0.29) is 0 Å². The lowest BCUT2D eigenvalue weighted by molar-refractivity contribution is 0.283. The minimum absolute atomic E-state index is 0.327. The second kappa shape index (κ2) is 5.34. The maximum atomic E-state index is 6.42. The van der Waals surface area contributed by atoms with E-state index < -0.39 is 0 Å². The minimum atomic E-state index is 0.327. The molecule has 0 aliphatic heterocycles. The number of rotatable bonds is 2. The van der Waals surface area contributed by atoms with Crippen molar-refractivity contribution in [3.63, 3.8) is 0 Å². The van der Waals surface area contributed by atoms with E-state index in [0.29, 0.717) is 12.0 Å². The molecule has 0 saturated heterocycles. The second-order valence-electron chi connectivity index (χ2n) is 5.93. The Kier molecular flexibility index (Phi) is 3.56. The summed E-state index contributed by atoms with van der Waals surface area (Å²) in [7, 11) is 0. The fourth-order valence-electron chi connectivity index (χ4n) is 3.58. The highest BCUT2D eigenvalue weighted by Gasteiger charge is 2.29. The van der Waals surface area contributed by atoms with Crippen LogP contribution in [0, 0.1) is 5.92 Å². The van der Waals surface area contributed by atoms with Crippen molar-refractivity contribution in [1.82, 2.24) is 0 Å². The molecule has 0 amide bonds. The molecule has 3 rings (SSSR count). The van der Waals surface area contributed by atoms with E-state index in [1.807, 2.05) is 0 Å². The normalized spacial score (nSPS) is 27.6. The molecule has 2 aromatic rings. The number of hydrogen-bond donors (Lipinski definition) is 1. The van der Waals surface area contributed by atoms with Gasteiger partial charge in [-0.1, -0.05) is 55.8 Å². The highest BCUT2D eigenvalue weighted by Crippen LogP contribution is 2.39. The van der Waals surface area contributed by atoms with Gasteiger partial charge in [-0.25, -0.2) is 0 Å². The highest BCUT2D eigenvalue weighted by atomic mass is 14.7. The lowest BCUT2D eigenvalue weighted by Crippen LogP contribution is -2.34. The molecule has 0 aromatic heterocycles. The smallest absolute Gasteiger partial charge is 0.0108 e. The van der Waals surface area contributed by atoms with E-state index in [1.165, 1.54) is 42.0 Å². The molecule has 3 atom stereocenters. The lowest BCUT2D eigenvalue weighted by atomic mass is 9.73. The lowest BCUT2D eigenvalue weighted by Gasteiger charge is -2.34. The number of hydrogen-bond acceptors (Lipinski definition) is 1. The van der Waals surface area contributed by atoms with Crippen LogP contribution < -0.4 is 5.73 Å². The minimum Gasteiger partial charge on any atom is -0.327 e. The summed E-state index contributed by atoms with van der Waals surface area (Å²) in [5.74, 6) is 1.38. The van der Waals surface area contributed by atoms with Crippen molar-refractivity contribution >= 4 is 10.8 Å². The maximum Gasteiger partial charge on any atom is 0.0108 e. The zero-order valence-electron chi connectivity index (χ0n) is 11.7. The Morgan fingerprint density at radius 1 is 1.05 bits per heavy atom. The van der Waals surface area contributed by atoms with E-state index in [2.05, 4.69) is 49.4 Å². The Morgan fingerprint density at radius 3 is 2.68 bits per heavy atom. The molecule has 0 heterocycles. The summed E-state index contributed by atoms with van der Waals surface area (Å²) in [6.45, 7) is 2.31. The van der Waals surface area contributed by atoms with Crippen LogP contribution in [0.25, 0.3) is 10.8 Å². The Hall–Kier alpha value is -1.34. The molecule has 100 valence electrons. The predicted octanol–water partition coefficient (Wildman–Crippen LogP) is 4.46. The molecule has 3 unspecified atom stereocenters. The van der Waals surface area contributed by atoms with Gasteiger partial charge >= 0.3 is 0 Å². The molecule has 1 fully saturated rings.